The number of rotatable bonds is 4. The third kappa shape index (κ3) is 3.48. The van der Waals surface area contributed by atoms with Crippen LogP contribution in [0.2, 0.25) is 0 Å². The van der Waals surface area contributed by atoms with Gasteiger partial charge in [0.1, 0.15) is 5.82 Å². The molecule has 1 aromatic heterocycles. The van der Waals surface area contributed by atoms with Gasteiger partial charge in [-0.3, -0.25) is 4.90 Å². The van der Waals surface area contributed by atoms with E-state index in [4.69, 9.17) is 0 Å². The summed E-state index contributed by atoms with van der Waals surface area (Å²) in [4.78, 5) is 2.45. The van der Waals surface area contributed by atoms with Crippen molar-refractivity contribution < 1.29 is 4.39 Å². The van der Waals surface area contributed by atoms with Gasteiger partial charge in [0.15, 0.2) is 0 Å². The lowest BCUT2D eigenvalue weighted by atomic mass is 9.98. The number of piperidine rings is 1. The van der Waals surface area contributed by atoms with Crippen LogP contribution in [0.4, 0.5) is 4.39 Å². The second-order valence-electron chi connectivity index (χ2n) is 6.89. The van der Waals surface area contributed by atoms with E-state index in [0.29, 0.717) is 18.1 Å². The molecule has 2 aliphatic heterocycles. The molecule has 2 unspecified atom stereocenters. The molecule has 1 N–H and O–H groups in total. The van der Waals surface area contributed by atoms with Crippen molar-refractivity contribution in [2.24, 2.45) is 0 Å². The Morgan fingerprint density at radius 2 is 1.83 bits per heavy atom. The zero-order valence-electron chi connectivity index (χ0n) is 13.9. The fourth-order valence-electron chi connectivity index (χ4n) is 4.04. The van der Waals surface area contributed by atoms with Crippen LogP contribution in [0.1, 0.15) is 31.4 Å². The molecule has 0 saturated carbocycles. The van der Waals surface area contributed by atoms with Crippen LogP contribution in [-0.4, -0.2) is 39.9 Å². The third-order valence-corrected chi connectivity index (χ3v) is 5.28. The lowest BCUT2D eigenvalue weighted by Crippen LogP contribution is -2.46. The first-order valence-electron chi connectivity index (χ1n) is 8.44. The van der Waals surface area contributed by atoms with Crippen molar-refractivity contribution in [2.45, 2.75) is 50.4 Å². The number of nitrogens with zero attached hydrogens (tertiary/aromatic N) is 3. The van der Waals surface area contributed by atoms with Gasteiger partial charge < -0.3 is 5.32 Å². The van der Waals surface area contributed by atoms with Crippen LogP contribution in [-0.2, 0) is 6.54 Å². The highest BCUT2D eigenvalue weighted by molar-refractivity contribution is 5.85. The molecule has 0 radical (unpaired) electrons. The molecule has 0 spiro atoms. The van der Waals surface area contributed by atoms with Crippen LogP contribution in [0.3, 0.4) is 0 Å². The number of hydrogen-bond acceptors (Lipinski definition) is 3. The van der Waals surface area contributed by atoms with Crippen LogP contribution in [0.15, 0.2) is 36.5 Å². The Morgan fingerprint density at radius 1 is 1.17 bits per heavy atom. The van der Waals surface area contributed by atoms with Gasteiger partial charge in [0.2, 0.25) is 0 Å². The molecule has 130 valence electrons. The molecule has 4 rings (SSSR count). The van der Waals surface area contributed by atoms with Gasteiger partial charge in [-0.25, -0.2) is 9.07 Å². The number of fused-ring (bicyclic) bond motifs is 2. The summed E-state index contributed by atoms with van der Waals surface area (Å²) in [6, 6.07) is 10.6. The fourth-order valence-corrected chi connectivity index (χ4v) is 4.04. The Labute approximate surface area is 148 Å². The van der Waals surface area contributed by atoms with E-state index in [-0.39, 0.29) is 18.2 Å². The summed E-state index contributed by atoms with van der Waals surface area (Å²) >= 11 is 0. The van der Waals surface area contributed by atoms with Crippen LogP contribution < -0.4 is 5.32 Å². The zero-order chi connectivity index (χ0) is 15.8. The van der Waals surface area contributed by atoms with E-state index >= 15 is 0 Å². The maximum atomic E-state index is 13.1. The molecule has 24 heavy (non-hydrogen) atoms. The maximum Gasteiger partial charge on any atom is 0.123 e. The minimum Gasteiger partial charge on any atom is -0.311 e. The number of halogens is 2. The Bertz CT molecular complexity index is 660. The normalized spacial score (nSPS) is 25.7. The van der Waals surface area contributed by atoms with Crippen molar-refractivity contribution in [3.05, 3.63) is 48.0 Å². The smallest absolute Gasteiger partial charge is 0.123 e. The van der Waals surface area contributed by atoms with E-state index in [1.54, 1.807) is 12.1 Å². The van der Waals surface area contributed by atoms with Crippen LogP contribution in [0, 0.1) is 5.82 Å². The number of nitrogens with one attached hydrogen (secondary N) is 1. The molecule has 2 bridgehead atoms. The minimum atomic E-state index is -0.218. The van der Waals surface area contributed by atoms with Gasteiger partial charge >= 0.3 is 0 Å². The van der Waals surface area contributed by atoms with E-state index in [1.165, 1.54) is 37.8 Å². The first-order chi connectivity index (χ1) is 11.2. The van der Waals surface area contributed by atoms with Crippen molar-refractivity contribution in [2.75, 3.05) is 7.05 Å². The van der Waals surface area contributed by atoms with E-state index in [2.05, 4.69) is 28.4 Å². The molecule has 1 aromatic carbocycles. The van der Waals surface area contributed by atoms with E-state index in [1.807, 2.05) is 10.9 Å². The SMILES string of the molecule is CN(Cc1ccnn1-c1ccc(F)cc1)C1CC2CCC(C1)N2.Cl. The quantitative estimate of drug-likeness (QED) is 0.919. The van der Waals surface area contributed by atoms with E-state index in [0.717, 1.165) is 17.9 Å². The van der Waals surface area contributed by atoms with Crippen molar-refractivity contribution >= 4 is 12.4 Å². The van der Waals surface area contributed by atoms with E-state index in [9.17, 15) is 4.39 Å². The molecule has 6 heteroatoms. The summed E-state index contributed by atoms with van der Waals surface area (Å²) in [5.41, 5.74) is 2.05. The van der Waals surface area contributed by atoms with Gasteiger partial charge in [0, 0.05) is 30.9 Å². The Hall–Kier alpha value is -1.43. The zero-order valence-corrected chi connectivity index (χ0v) is 14.7. The van der Waals surface area contributed by atoms with Crippen LogP contribution >= 0.6 is 12.4 Å². The maximum absolute atomic E-state index is 13.1. The van der Waals surface area contributed by atoms with Crippen molar-refractivity contribution in [1.29, 1.82) is 0 Å². The predicted molar refractivity (Wildman–Crippen MR) is 95.2 cm³/mol. The number of hydrogen-bond donors (Lipinski definition) is 1. The van der Waals surface area contributed by atoms with Gasteiger partial charge in [-0.05, 0) is 63.1 Å². The summed E-state index contributed by atoms with van der Waals surface area (Å²) in [5, 5.41) is 8.11. The molecule has 0 amide bonds. The highest BCUT2D eigenvalue weighted by Gasteiger charge is 2.35. The first-order valence-corrected chi connectivity index (χ1v) is 8.44. The largest absolute Gasteiger partial charge is 0.311 e. The van der Waals surface area contributed by atoms with Gasteiger partial charge in [-0.2, -0.15) is 5.10 Å². The first kappa shape index (κ1) is 17.4. The fraction of sp³-hybridized carbons (Fsp3) is 0.500. The summed E-state index contributed by atoms with van der Waals surface area (Å²) in [7, 11) is 2.21. The summed E-state index contributed by atoms with van der Waals surface area (Å²) < 4.78 is 15.0. The molecular weight excluding hydrogens is 327 g/mol. The monoisotopic (exact) mass is 350 g/mol. The summed E-state index contributed by atoms with van der Waals surface area (Å²) in [5.74, 6) is -0.218. The molecule has 2 fully saturated rings. The molecule has 2 aromatic rings. The molecule has 2 aliphatic rings. The molecule has 2 saturated heterocycles. The van der Waals surface area contributed by atoms with Crippen LogP contribution in [0.25, 0.3) is 5.69 Å². The Morgan fingerprint density at radius 3 is 2.50 bits per heavy atom. The Balaban J connectivity index is 0.00000169. The molecule has 0 aliphatic carbocycles. The second-order valence-corrected chi connectivity index (χ2v) is 6.89. The third-order valence-electron chi connectivity index (χ3n) is 5.28. The van der Waals surface area contributed by atoms with Gasteiger partial charge in [0.25, 0.3) is 0 Å². The standard InChI is InChI=1S/C18H23FN4.ClH/c1-22(18-10-14-4-5-15(11-18)21-14)12-17-8-9-20-23(17)16-6-2-13(19)3-7-16;/h2-3,6-9,14-15,18,21H,4-5,10-12H2,1H3;1H. The molecule has 3 heterocycles. The van der Waals surface area contributed by atoms with Crippen molar-refractivity contribution in [3.8, 4) is 5.69 Å². The van der Waals surface area contributed by atoms with E-state index < -0.39 is 0 Å². The van der Waals surface area contributed by atoms with Gasteiger partial charge in [0.05, 0.1) is 11.4 Å². The van der Waals surface area contributed by atoms with Crippen LogP contribution in [0.5, 0.6) is 0 Å². The van der Waals surface area contributed by atoms with Crippen molar-refractivity contribution in [3.63, 3.8) is 0 Å². The topological polar surface area (TPSA) is 33.1 Å². The van der Waals surface area contributed by atoms with Crippen molar-refractivity contribution in [1.82, 2.24) is 20.0 Å². The molecular formula is C18H24ClFN4. The Kier molecular flexibility index (Phi) is 5.23. The summed E-state index contributed by atoms with van der Waals surface area (Å²) in [6.45, 7) is 0.863. The average molecular weight is 351 g/mol. The highest BCUT2D eigenvalue weighted by Crippen LogP contribution is 2.30. The molecule has 4 nitrogen and oxygen atoms in total. The van der Waals surface area contributed by atoms with Gasteiger partial charge in [-0.1, -0.05) is 0 Å². The highest BCUT2D eigenvalue weighted by atomic mass is 35.5. The second kappa shape index (κ2) is 7.21. The number of aromatic nitrogens is 2. The minimum absolute atomic E-state index is 0. The number of benzene rings is 1. The predicted octanol–water partition coefficient (Wildman–Crippen LogP) is 3.15. The molecule has 2 atom stereocenters. The summed E-state index contributed by atoms with van der Waals surface area (Å²) in [6.07, 6.45) is 6.93. The lowest BCUT2D eigenvalue weighted by Gasteiger charge is -2.35. The average Bonchev–Trinajstić information content (AvgIpc) is 3.14. The van der Waals surface area contributed by atoms with Gasteiger partial charge in [-0.15, -0.1) is 12.4 Å². The lowest BCUT2D eigenvalue weighted by molar-refractivity contribution is 0.163.